The van der Waals surface area contributed by atoms with E-state index in [4.69, 9.17) is 0 Å². The molecular formula is C14H19N3O. The summed E-state index contributed by atoms with van der Waals surface area (Å²) < 4.78 is 2.04. The van der Waals surface area contributed by atoms with E-state index >= 15 is 0 Å². The Morgan fingerprint density at radius 1 is 1.56 bits per heavy atom. The van der Waals surface area contributed by atoms with Crippen LogP contribution >= 0.6 is 0 Å². The molecule has 3 rings (SSSR count). The highest BCUT2D eigenvalue weighted by atomic mass is 16.2. The van der Waals surface area contributed by atoms with Gasteiger partial charge in [0.05, 0.1) is 6.04 Å². The van der Waals surface area contributed by atoms with Crippen LogP contribution in [0.3, 0.4) is 0 Å². The molecule has 2 heterocycles. The van der Waals surface area contributed by atoms with Gasteiger partial charge in [-0.1, -0.05) is 6.08 Å². The molecule has 1 aromatic rings. The lowest BCUT2D eigenvalue weighted by molar-refractivity contribution is -0.130. The largest absolute Gasteiger partial charge is 0.336 e. The van der Waals surface area contributed by atoms with Crippen molar-refractivity contribution < 1.29 is 4.79 Å². The third-order valence-corrected chi connectivity index (χ3v) is 4.05. The molecule has 1 aromatic heterocycles. The Balaban J connectivity index is 1.89. The average Bonchev–Trinajstić information content (AvgIpc) is 3.00. The second-order valence-corrected chi connectivity index (χ2v) is 5.42. The zero-order valence-electron chi connectivity index (χ0n) is 10.7. The number of nitrogens with zero attached hydrogens (tertiary/aromatic N) is 3. The van der Waals surface area contributed by atoms with Crippen LogP contribution in [0.2, 0.25) is 0 Å². The van der Waals surface area contributed by atoms with E-state index in [0.717, 1.165) is 12.4 Å². The maximum Gasteiger partial charge on any atom is 0.223 e. The van der Waals surface area contributed by atoms with Crippen LogP contribution in [0.4, 0.5) is 0 Å². The average molecular weight is 245 g/mol. The maximum atomic E-state index is 12.2. The predicted molar refractivity (Wildman–Crippen MR) is 68.7 cm³/mol. The van der Waals surface area contributed by atoms with Crippen LogP contribution in [0, 0.1) is 11.8 Å². The highest BCUT2D eigenvalue weighted by Crippen LogP contribution is 2.45. The van der Waals surface area contributed by atoms with E-state index in [1.807, 2.05) is 35.0 Å². The van der Waals surface area contributed by atoms with Crippen molar-refractivity contribution in [3.63, 3.8) is 0 Å². The summed E-state index contributed by atoms with van der Waals surface area (Å²) in [7, 11) is 2.00. The molecule has 1 amide bonds. The van der Waals surface area contributed by atoms with Crippen LogP contribution in [0.1, 0.15) is 31.1 Å². The van der Waals surface area contributed by atoms with E-state index in [9.17, 15) is 4.79 Å². The number of likely N-dealkylation sites (tertiary alicyclic amines) is 1. The normalized spacial score (nSPS) is 25.5. The van der Waals surface area contributed by atoms with Gasteiger partial charge in [-0.3, -0.25) is 4.79 Å². The van der Waals surface area contributed by atoms with Crippen LogP contribution in [0.25, 0.3) is 0 Å². The van der Waals surface area contributed by atoms with E-state index < -0.39 is 0 Å². The molecule has 0 N–H and O–H groups in total. The number of rotatable bonds is 4. The number of hydrogen-bond donors (Lipinski definition) is 0. The lowest BCUT2D eigenvalue weighted by atomic mass is 10.1. The smallest absolute Gasteiger partial charge is 0.223 e. The molecule has 2 fully saturated rings. The molecule has 4 heteroatoms. The monoisotopic (exact) mass is 245 g/mol. The first-order chi connectivity index (χ1) is 8.70. The summed E-state index contributed by atoms with van der Waals surface area (Å²) in [6, 6.07) is 0.169. The van der Waals surface area contributed by atoms with Gasteiger partial charge in [0, 0.05) is 38.3 Å². The van der Waals surface area contributed by atoms with Gasteiger partial charge in [0.2, 0.25) is 5.91 Å². The van der Waals surface area contributed by atoms with Gasteiger partial charge in [0.15, 0.2) is 0 Å². The topological polar surface area (TPSA) is 38.1 Å². The lowest BCUT2D eigenvalue weighted by Gasteiger charge is -2.27. The molecule has 1 aliphatic carbocycles. The minimum atomic E-state index is 0.169. The van der Waals surface area contributed by atoms with Crippen molar-refractivity contribution in [2.75, 3.05) is 6.54 Å². The van der Waals surface area contributed by atoms with Crippen LogP contribution in [-0.4, -0.2) is 26.9 Å². The van der Waals surface area contributed by atoms with Gasteiger partial charge in [-0.2, -0.15) is 0 Å². The summed E-state index contributed by atoms with van der Waals surface area (Å²) in [6.45, 7) is 4.61. The lowest BCUT2D eigenvalue weighted by Crippen LogP contribution is -2.33. The summed E-state index contributed by atoms with van der Waals surface area (Å²) in [5.74, 6) is 2.17. The van der Waals surface area contributed by atoms with Crippen molar-refractivity contribution in [1.82, 2.24) is 14.5 Å². The van der Waals surface area contributed by atoms with Crippen molar-refractivity contribution in [3.8, 4) is 0 Å². The summed E-state index contributed by atoms with van der Waals surface area (Å²) in [5, 5.41) is 0. The van der Waals surface area contributed by atoms with E-state index in [1.165, 1.54) is 12.8 Å². The van der Waals surface area contributed by atoms with Gasteiger partial charge in [-0.15, -0.1) is 6.58 Å². The highest BCUT2D eigenvalue weighted by molar-refractivity contribution is 5.79. The van der Waals surface area contributed by atoms with Gasteiger partial charge >= 0.3 is 0 Å². The molecule has 96 valence electrons. The number of imidazole rings is 1. The molecule has 1 saturated heterocycles. The number of hydrogen-bond acceptors (Lipinski definition) is 2. The van der Waals surface area contributed by atoms with Gasteiger partial charge < -0.3 is 9.47 Å². The minimum Gasteiger partial charge on any atom is -0.336 e. The Morgan fingerprint density at radius 2 is 2.33 bits per heavy atom. The first-order valence-electron chi connectivity index (χ1n) is 6.60. The number of carbonyl (C=O) groups is 1. The first-order valence-corrected chi connectivity index (χ1v) is 6.60. The molecule has 4 nitrogen and oxygen atoms in total. The summed E-state index contributed by atoms with van der Waals surface area (Å²) in [6.07, 6.45) is 8.70. The van der Waals surface area contributed by atoms with Crippen LogP contribution < -0.4 is 0 Å². The summed E-state index contributed by atoms with van der Waals surface area (Å²) in [5.41, 5.74) is 0. The van der Waals surface area contributed by atoms with Crippen LogP contribution in [0.15, 0.2) is 25.0 Å². The molecule has 2 atom stereocenters. The van der Waals surface area contributed by atoms with Crippen molar-refractivity contribution in [3.05, 3.63) is 30.9 Å². The molecule has 0 bridgehead atoms. The molecule has 0 radical (unpaired) electrons. The second kappa shape index (κ2) is 4.26. The zero-order valence-corrected chi connectivity index (χ0v) is 10.7. The Kier molecular flexibility index (Phi) is 2.73. The predicted octanol–water partition coefficient (Wildman–Crippen LogP) is 1.91. The van der Waals surface area contributed by atoms with E-state index in [2.05, 4.69) is 11.6 Å². The van der Waals surface area contributed by atoms with E-state index in [-0.39, 0.29) is 11.9 Å². The summed E-state index contributed by atoms with van der Waals surface area (Å²) in [4.78, 5) is 18.6. The van der Waals surface area contributed by atoms with Crippen molar-refractivity contribution in [1.29, 1.82) is 0 Å². The van der Waals surface area contributed by atoms with Gasteiger partial charge in [-0.25, -0.2) is 4.98 Å². The fourth-order valence-electron chi connectivity index (χ4n) is 2.87. The molecular weight excluding hydrogens is 226 g/mol. The number of aryl methyl sites for hydroxylation is 1. The fraction of sp³-hybridized carbons (Fsp3) is 0.571. The quantitative estimate of drug-likeness (QED) is 0.760. The SMILES string of the molecule is C=CC1CC(=O)N(C(c2nccn2C)C2CC2)C1. The van der Waals surface area contributed by atoms with Gasteiger partial charge in [0.25, 0.3) is 0 Å². The third kappa shape index (κ3) is 1.85. The highest BCUT2D eigenvalue weighted by Gasteiger charge is 2.43. The molecule has 2 unspecified atom stereocenters. The molecule has 0 aromatic carbocycles. The minimum absolute atomic E-state index is 0.169. The summed E-state index contributed by atoms with van der Waals surface area (Å²) >= 11 is 0. The second-order valence-electron chi connectivity index (χ2n) is 5.42. The van der Waals surface area contributed by atoms with Gasteiger partial charge in [-0.05, 0) is 18.8 Å². The Bertz CT molecular complexity index is 475. The van der Waals surface area contributed by atoms with Crippen LogP contribution in [0.5, 0.6) is 0 Å². The Morgan fingerprint density at radius 3 is 2.83 bits per heavy atom. The van der Waals surface area contributed by atoms with Crippen molar-refractivity contribution >= 4 is 5.91 Å². The Hall–Kier alpha value is -1.58. The standard InChI is InChI=1S/C14H19N3O/c1-3-10-8-12(18)17(9-10)13(11-4-5-11)14-15-6-7-16(14)2/h3,6-7,10-11,13H,1,4-5,8-9H2,2H3. The van der Waals surface area contributed by atoms with Crippen LogP contribution in [-0.2, 0) is 11.8 Å². The van der Waals surface area contributed by atoms with Crippen molar-refractivity contribution in [2.45, 2.75) is 25.3 Å². The van der Waals surface area contributed by atoms with E-state index in [0.29, 0.717) is 18.3 Å². The molecule has 1 saturated carbocycles. The number of amides is 1. The van der Waals surface area contributed by atoms with Crippen molar-refractivity contribution in [2.24, 2.45) is 18.9 Å². The first kappa shape index (κ1) is 11.5. The molecule has 0 spiro atoms. The maximum absolute atomic E-state index is 12.2. The number of carbonyl (C=O) groups excluding carboxylic acids is 1. The molecule has 18 heavy (non-hydrogen) atoms. The fourth-order valence-corrected chi connectivity index (χ4v) is 2.87. The van der Waals surface area contributed by atoms with E-state index in [1.54, 1.807) is 0 Å². The molecule has 1 aliphatic heterocycles. The Labute approximate surface area is 107 Å². The van der Waals surface area contributed by atoms with Gasteiger partial charge in [0.1, 0.15) is 5.82 Å². The molecule has 2 aliphatic rings. The number of aromatic nitrogens is 2. The zero-order chi connectivity index (χ0) is 12.7. The third-order valence-electron chi connectivity index (χ3n) is 4.05.